The van der Waals surface area contributed by atoms with Gasteiger partial charge in [-0.15, -0.1) is 0 Å². The molecule has 196 valence electrons. The number of carbonyl (C=O) groups excluding carboxylic acids is 1. The number of nitrogens with one attached hydrogen (secondary N) is 2. The SMILES string of the molecule is CCCCCCNC(=O)COc1ccc(/C=C\c2ccc3n2[B-](F)(F)[N+]2=C(c4ccc[nH]4)C=CC2=C3)cc1. The molecule has 1 aromatic carbocycles. The average Bonchev–Trinajstić information content (AvgIpc) is 3.67. The third-order valence-corrected chi connectivity index (χ3v) is 6.77. The number of halogens is 2. The molecular weight excluding hydrogens is 485 g/mol. The number of aromatic amines is 1. The minimum Gasteiger partial charge on any atom is -0.484 e. The fourth-order valence-electron chi connectivity index (χ4n) is 4.83. The van der Waals surface area contributed by atoms with Crippen LogP contribution in [-0.4, -0.2) is 45.7 Å². The van der Waals surface area contributed by atoms with Gasteiger partial charge in [0.25, 0.3) is 5.91 Å². The zero-order valence-electron chi connectivity index (χ0n) is 21.4. The van der Waals surface area contributed by atoms with Gasteiger partial charge in [0.1, 0.15) is 11.4 Å². The number of aromatic nitrogens is 2. The van der Waals surface area contributed by atoms with Crippen LogP contribution >= 0.6 is 0 Å². The van der Waals surface area contributed by atoms with E-state index in [1.165, 1.54) is 6.42 Å². The van der Waals surface area contributed by atoms with Crippen LogP contribution in [0.15, 0.2) is 72.6 Å². The Morgan fingerprint density at radius 1 is 1.08 bits per heavy atom. The Hall–Kier alpha value is -4.14. The number of hydrogen-bond acceptors (Lipinski definition) is 2. The number of carbonyl (C=O) groups is 1. The van der Waals surface area contributed by atoms with Gasteiger partial charge in [0.05, 0.1) is 0 Å². The first-order valence-electron chi connectivity index (χ1n) is 13.1. The van der Waals surface area contributed by atoms with Crippen LogP contribution < -0.4 is 10.1 Å². The molecular formula is C29H31BF2N4O2. The highest BCUT2D eigenvalue weighted by atomic mass is 19.2. The normalized spacial score (nSPS) is 15.5. The lowest BCUT2D eigenvalue weighted by Crippen LogP contribution is -2.50. The van der Waals surface area contributed by atoms with Crippen LogP contribution in [0.5, 0.6) is 5.75 Å². The van der Waals surface area contributed by atoms with Crippen molar-refractivity contribution in [1.29, 1.82) is 0 Å². The number of amides is 1. The number of ether oxygens (including phenoxy) is 1. The van der Waals surface area contributed by atoms with Crippen molar-refractivity contribution in [3.05, 3.63) is 95.2 Å². The molecule has 0 spiro atoms. The van der Waals surface area contributed by atoms with Crippen molar-refractivity contribution < 1.29 is 22.6 Å². The summed E-state index contributed by atoms with van der Waals surface area (Å²) in [5.41, 5.74) is 3.27. The molecule has 38 heavy (non-hydrogen) atoms. The Balaban J connectivity index is 1.25. The van der Waals surface area contributed by atoms with E-state index in [1.54, 1.807) is 73.0 Å². The largest absolute Gasteiger partial charge is 0.737 e. The second kappa shape index (κ2) is 11.1. The van der Waals surface area contributed by atoms with Crippen LogP contribution in [-0.2, 0) is 4.79 Å². The van der Waals surface area contributed by atoms with Gasteiger partial charge in [-0.2, -0.15) is 0 Å². The molecule has 0 unspecified atom stereocenters. The van der Waals surface area contributed by atoms with Crippen molar-refractivity contribution in [2.24, 2.45) is 0 Å². The van der Waals surface area contributed by atoms with E-state index >= 15 is 8.63 Å². The lowest BCUT2D eigenvalue weighted by Gasteiger charge is -2.30. The number of fused-ring (bicyclic) bond motifs is 2. The monoisotopic (exact) mass is 516 g/mol. The van der Waals surface area contributed by atoms with Crippen LogP contribution in [0.3, 0.4) is 0 Å². The molecule has 0 bridgehead atoms. The predicted molar refractivity (Wildman–Crippen MR) is 148 cm³/mol. The molecule has 1 amide bonds. The maximum atomic E-state index is 15.9. The Morgan fingerprint density at radius 3 is 2.68 bits per heavy atom. The first-order chi connectivity index (χ1) is 18.5. The molecule has 2 aliphatic heterocycles. The lowest BCUT2D eigenvalue weighted by molar-refractivity contribution is -0.360. The molecule has 0 atom stereocenters. The Kier molecular flexibility index (Phi) is 7.44. The first kappa shape index (κ1) is 25.5. The molecule has 0 fully saturated rings. The fourth-order valence-corrected chi connectivity index (χ4v) is 4.83. The summed E-state index contributed by atoms with van der Waals surface area (Å²) in [4.78, 5) is 15.0. The number of H-pyrrole nitrogens is 1. The number of benzene rings is 1. The topological polar surface area (TPSA) is 62.1 Å². The number of hydrogen-bond donors (Lipinski definition) is 2. The Bertz CT molecular complexity index is 1420. The van der Waals surface area contributed by atoms with E-state index in [0.29, 0.717) is 40.8 Å². The average molecular weight is 516 g/mol. The highest BCUT2D eigenvalue weighted by Crippen LogP contribution is 2.33. The summed E-state index contributed by atoms with van der Waals surface area (Å²) in [6.45, 7) is -1.33. The van der Waals surface area contributed by atoms with E-state index in [4.69, 9.17) is 4.74 Å². The summed E-state index contributed by atoms with van der Waals surface area (Å²) in [5.74, 6) is 0.429. The number of unbranched alkanes of at least 4 members (excludes halogenated alkanes) is 3. The minimum absolute atomic E-state index is 0.0429. The van der Waals surface area contributed by atoms with Crippen LogP contribution in [0.2, 0.25) is 0 Å². The van der Waals surface area contributed by atoms with E-state index in [9.17, 15) is 4.79 Å². The van der Waals surface area contributed by atoms with Crippen molar-refractivity contribution >= 4 is 36.8 Å². The zero-order valence-corrected chi connectivity index (χ0v) is 21.4. The third kappa shape index (κ3) is 5.27. The maximum absolute atomic E-state index is 15.9. The van der Waals surface area contributed by atoms with Crippen molar-refractivity contribution in [2.45, 2.75) is 32.6 Å². The maximum Gasteiger partial charge on any atom is 0.737 e. The van der Waals surface area contributed by atoms with E-state index in [-0.39, 0.29) is 12.5 Å². The molecule has 2 N–H and O–H groups in total. The summed E-state index contributed by atoms with van der Waals surface area (Å²) in [6.07, 6.45) is 14.8. The predicted octanol–water partition coefficient (Wildman–Crippen LogP) is 5.71. The van der Waals surface area contributed by atoms with Crippen molar-refractivity contribution in [3.63, 3.8) is 0 Å². The summed E-state index contributed by atoms with van der Waals surface area (Å²) in [5, 5.41) is 2.86. The molecule has 0 aliphatic carbocycles. The van der Waals surface area contributed by atoms with Crippen molar-refractivity contribution in [3.8, 4) is 5.75 Å². The van der Waals surface area contributed by atoms with Crippen LogP contribution in [0.4, 0.5) is 8.63 Å². The fraction of sp³-hybridized carbons (Fsp3) is 0.241. The molecule has 2 aromatic heterocycles. The Labute approximate surface area is 221 Å². The van der Waals surface area contributed by atoms with Gasteiger partial charge in [-0.05, 0) is 54.5 Å². The van der Waals surface area contributed by atoms with Gasteiger partial charge in [0, 0.05) is 42.4 Å². The number of nitrogens with zero attached hydrogens (tertiary/aromatic N) is 2. The molecule has 5 rings (SSSR count). The van der Waals surface area contributed by atoms with E-state index < -0.39 is 6.97 Å². The molecule has 9 heteroatoms. The smallest absolute Gasteiger partial charge is 0.484 e. The molecule has 0 radical (unpaired) electrons. The van der Waals surface area contributed by atoms with Gasteiger partial charge >= 0.3 is 6.97 Å². The standard InChI is InChI=1S/C29H31BF2N4O2/c1-2-3-4-5-18-34-29(37)21-38-26-15-9-22(10-16-26)8-11-23-12-13-24-20-25-14-17-28(27-7-6-19-33-27)36(25)30(31,32)35(23)24/h6-17,19-20,33H,2-5,18,21H2,1H3,(H,34,37)/b11-8-. The van der Waals surface area contributed by atoms with E-state index in [1.807, 2.05) is 12.1 Å². The molecule has 3 aromatic rings. The number of rotatable bonds is 11. The van der Waals surface area contributed by atoms with Gasteiger partial charge in [-0.1, -0.05) is 44.4 Å². The van der Waals surface area contributed by atoms with Crippen LogP contribution in [0, 0.1) is 0 Å². The van der Waals surface area contributed by atoms with Crippen molar-refractivity contribution in [2.75, 3.05) is 13.2 Å². The van der Waals surface area contributed by atoms with E-state index in [2.05, 4.69) is 17.2 Å². The summed E-state index contributed by atoms with van der Waals surface area (Å²) in [6, 6.07) is 14.2. The molecule has 0 saturated carbocycles. The molecule has 4 heterocycles. The zero-order chi connectivity index (χ0) is 26.5. The van der Waals surface area contributed by atoms with E-state index in [0.717, 1.165) is 33.8 Å². The van der Waals surface area contributed by atoms with Gasteiger partial charge in [-0.3, -0.25) is 4.79 Å². The van der Waals surface area contributed by atoms with Crippen molar-refractivity contribution in [1.82, 2.24) is 14.8 Å². The van der Waals surface area contributed by atoms with Gasteiger partial charge in [0.15, 0.2) is 18.0 Å². The highest BCUT2D eigenvalue weighted by molar-refractivity contribution is 6.58. The number of allylic oxidation sites excluding steroid dienone is 2. The third-order valence-electron chi connectivity index (χ3n) is 6.77. The second-order valence-electron chi connectivity index (χ2n) is 9.48. The summed E-state index contributed by atoms with van der Waals surface area (Å²) in [7, 11) is 0. The van der Waals surface area contributed by atoms with Crippen LogP contribution in [0.1, 0.15) is 55.3 Å². The van der Waals surface area contributed by atoms with Gasteiger partial charge < -0.3 is 32.6 Å². The minimum atomic E-state index is -4.10. The highest BCUT2D eigenvalue weighted by Gasteiger charge is 2.52. The summed E-state index contributed by atoms with van der Waals surface area (Å²) >= 11 is 0. The molecule has 6 nitrogen and oxygen atoms in total. The lowest BCUT2D eigenvalue weighted by atomic mass is 9.90. The summed E-state index contributed by atoms with van der Waals surface area (Å²) < 4.78 is 39.6. The first-order valence-corrected chi connectivity index (χ1v) is 13.1. The van der Waals surface area contributed by atoms with Crippen LogP contribution in [0.25, 0.3) is 18.2 Å². The van der Waals surface area contributed by atoms with Gasteiger partial charge in [0.2, 0.25) is 0 Å². The quantitative estimate of drug-likeness (QED) is 0.253. The molecule has 2 aliphatic rings. The second-order valence-corrected chi connectivity index (χ2v) is 9.48. The Morgan fingerprint density at radius 2 is 1.92 bits per heavy atom. The molecule has 0 saturated heterocycles. The van der Waals surface area contributed by atoms with Gasteiger partial charge in [-0.25, -0.2) is 0 Å².